The maximum Gasteiger partial charge on any atom is 0.340 e. The lowest BCUT2D eigenvalue weighted by Crippen LogP contribution is -2.24. The molecule has 6 nitrogen and oxygen atoms in total. The second-order valence-electron chi connectivity index (χ2n) is 8.22. The van der Waals surface area contributed by atoms with Crippen molar-refractivity contribution >= 4 is 39.6 Å². The van der Waals surface area contributed by atoms with Crippen molar-refractivity contribution in [2.75, 3.05) is 18.6 Å². The van der Waals surface area contributed by atoms with E-state index in [-0.39, 0.29) is 11.5 Å². The summed E-state index contributed by atoms with van der Waals surface area (Å²) in [5.41, 5.74) is 5.61. The van der Waals surface area contributed by atoms with Crippen LogP contribution in [0.2, 0.25) is 0 Å². The molecule has 3 aromatic rings. The number of nitrogens with zero attached hydrogens (tertiary/aromatic N) is 2. The normalized spacial score (nSPS) is 14.7. The molecule has 0 N–H and O–H groups in total. The van der Waals surface area contributed by atoms with Crippen LogP contribution in [-0.4, -0.2) is 30.2 Å². The van der Waals surface area contributed by atoms with Crippen LogP contribution in [0.1, 0.15) is 30.8 Å². The highest BCUT2D eigenvalue weighted by molar-refractivity contribution is 9.10. The fourth-order valence-electron chi connectivity index (χ4n) is 4.43. The largest absolute Gasteiger partial charge is 0.494 e. The number of hydrogen-bond acceptors (Lipinski definition) is 4. The van der Waals surface area contributed by atoms with Crippen molar-refractivity contribution in [3.8, 4) is 11.4 Å². The van der Waals surface area contributed by atoms with Crippen molar-refractivity contribution in [3.05, 3.63) is 92.9 Å². The van der Waals surface area contributed by atoms with E-state index in [1.54, 1.807) is 17.9 Å². The zero-order chi connectivity index (χ0) is 25.3. The summed E-state index contributed by atoms with van der Waals surface area (Å²) >= 11 is 3.48. The number of methoxy groups -OCH3 is 1. The molecular formula is C28H27BrN2O4. The Morgan fingerprint density at radius 2 is 1.63 bits per heavy atom. The Hall–Kier alpha value is -3.58. The fourth-order valence-corrected chi connectivity index (χ4v) is 4.69. The highest BCUT2D eigenvalue weighted by Gasteiger charge is 2.38. The van der Waals surface area contributed by atoms with Gasteiger partial charge in [0, 0.05) is 32.9 Å². The van der Waals surface area contributed by atoms with E-state index in [0.717, 1.165) is 27.1 Å². The predicted molar refractivity (Wildman–Crippen MR) is 141 cm³/mol. The smallest absolute Gasteiger partial charge is 0.340 e. The molecule has 35 heavy (non-hydrogen) atoms. The molecule has 0 fully saturated rings. The first kappa shape index (κ1) is 24.5. The summed E-state index contributed by atoms with van der Waals surface area (Å²) in [6.45, 7) is 8.24. The van der Waals surface area contributed by atoms with E-state index < -0.39 is 5.97 Å². The molecule has 2 heterocycles. The molecule has 0 unspecified atom stereocenters. The minimum Gasteiger partial charge on any atom is -0.494 e. The maximum atomic E-state index is 13.6. The number of anilines is 1. The molecule has 1 aliphatic heterocycles. The van der Waals surface area contributed by atoms with E-state index in [9.17, 15) is 9.59 Å². The molecule has 1 aliphatic rings. The third-order valence-electron chi connectivity index (χ3n) is 6.05. The lowest BCUT2D eigenvalue weighted by atomic mass is 10.0. The monoisotopic (exact) mass is 534 g/mol. The highest BCUT2D eigenvalue weighted by Crippen LogP contribution is 2.37. The maximum absolute atomic E-state index is 13.6. The molecule has 0 bridgehead atoms. The van der Waals surface area contributed by atoms with E-state index in [4.69, 9.17) is 9.47 Å². The van der Waals surface area contributed by atoms with Gasteiger partial charge in [-0.1, -0.05) is 15.9 Å². The summed E-state index contributed by atoms with van der Waals surface area (Å²) in [5.74, 6) is -0.105. The van der Waals surface area contributed by atoms with Gasteiger partial charge in [0.05, 0.1) is 24.9 Å². The summed E-state index contributed by atoms with van der Waals surface area (Å²) in [6, 6.07) is 17.3. The van der Waals surface area contributed by atoms with Crippen LogP contribution in [0.15, 0.2) is 75.9 Å². The van der Waals surface area contributed by atoms with Gasteiger partial charge in [0.2, 0.25) is 0 Å². The second kappa shape index (κ2) is 9.96. The second-order valence-corrected chi connectivity index (χ2v) is 9.13. The van der Waals surface area contributed by atoms with Crippen LogP contribution in [0, 0.1) is 13.8 Å². The minimum atomic E-state index is -0.544. The van der Waals surface area contributed by atoms with Crippen molar-refractivity contribution in [2.24, 2.45) is 0 Å². The van der Waals surface area contributed by atoms with Crippen LogP contribution in [-0.2, 0) is 14.3 Å². The lowest BCUT2D eigenvalue weighted by molar-refractivity contribution is -0.136. The van der Waals surface area contributed by atoms with Crippen LogP contribution < -0.4 is 9.64 Å². The van der Waals surface area contributed by atoms with Crippen molar-refractivity contribution in [1.82, 2.24) is 4.57 Å². The summed E-state index contributed by atoms with van der Waals surface area (Å²) in [6.07, 6.45) is 1.78. The Bertz CT molecular complexity index is 1350. The molecule has 0 spiro atoms. The number of allylic oxidation sites excluding steroid dienone is 1. The number of aromatic nitrogens is 1. The molecule has 0 atom stereocenters. The van der Waals surface area contributed by atoms with Gasteiger partial charge in [0.1, 0.15) is 5.75 Å². The van der Waals surface area contributed by atoms with Gasteiger partial charge in [-0.15, -0.1) is 0 Å². The predicted octanol–water partition coefficient (Wildman–Crippen LogP) is 6.13. The number of benzene rings is 2. The number of rotatable bonds is 6. The molecule has 4 rings (SSSR count). The van der Waals surface area contributed by atoms with Gasteiger partial charge in [-0.05, 0) is 93.9 Å². The number of carbonyl (C=O) groups is 2. The standard InChI is InChI=1S/C28H27BrN2O4/c1-6-35-24-13-11-23(12-14-24)31-19(4)26(28(33)34-5)25(27(31)32)16-20-15-17(2)30(18(20)3)22-9-7-21(29)8-10-22/h7-16H,6H2,1-5H3/b25-16-. The first-order valence-corrected chi connectivity index (χ1v) is 12.1. The molecule has 2 aromatic carbocycles. The van der Waals surface area contributed by atoms with Gasteiger partial charge in [-0.25, -0.2) is 4.79 Å². The first-order chi connectivity index (χ1) is 16.8. The van der Waals surface area contributed by atoms with E-state index in [0.29, 0.717) is 29.3 Å². The fraction of sp³-hybridized carbons (Fsp3) is 0.214. The Kier molecular flexibility index (Phi) is 6.98. The molecule has 0 radical (unpaired) electrons. The van der Waals surface area contributed by atoms with Crippen LogP contribution in [0.5, 0.6) is 5.75 Å². The Labute approximate surface area is 213 Å². The quantitative estimate of drug-likeness (QED) is 0.281. The lowest BCUT2D eigenvalue weighted by Gasteiger charge is -2.18. The van der Waals surface area contributed by atoms with Crippen LogP contribution in [0.25, 0.3) is 11.8 Å². The zero-order valence-electron chi connectivity index (χ0n) is 20.4. The number of halogens is 1. The number of amides is 1. The third kappa shape index (κ3) is 4.56. The average Bonchev–Trinajstić information content (AvgIpc) is 3.26. The van der Waals surface area contributed by atoms with E-state index >= 15 is 0 Å². The highest BCUT2D eigenvalue weighted by atomic mass is 79.9. The first-order valence-electron chi connectivity index (χ1n) is 11.3. The van der Waals surface area contributed by atoms with Gasteiger partial charge in [-0.3, -0.25) is 9.69 Å². The van der Waals surface area contributed by atoms with Gasteiger partial charge >= 0.3 is 5.97 Å². The minimum absolute atomic E-state index is 0.264. The van der Waals surface area contributed by atoms with Crippen molar-refractivity contribution < 1.29 is 19.1 Å². The van der Waals surface area contributed by atoms with E-state index in [1.165, 1.54) is 7.11 Å². The van der Waals surface area contributed by atoms with Gasteiger partial charge < -0.3 is 14.0 Å². The summed E-state index contributed by atoms with van der Waals surface area (Å²) in [5, 5.41) is 0. The summed E-state index contributed by atoms with van der Waals surface area (Å²) in [7, 11) is 1.32. The van der Waals surface area contributed by atoms with Crippen molar-refractivity contribution in [3.63, 3.8) is 0 Å². The third-order valence-corrected chi connectivity index (χ3v) is 6.58. The molecule has 1 amide bonds. The van der Waals surface area contributed by atoms with Crippen LogP contribution >= 0.6 is 15.9 Å². The Morgan fingerprint density at radius 1 is 1.00 bits per heavy atom. The number of esters is 1. The van der Waals surface area contributed by atoms with Crippen LogP contribution in [0.3, 0.4) is 0 Å². The number of hydrogen-bond donors (Lipinski definition) is 0. The number of aryl methyl sites for hydroxylation is 1. The van der Waals surface area contributed by atoms with Crippen LogP contribution in [0.4, 0.5) is 5.69 Å². The SMILES string of the molecule is CCOc1ccc(N2C(=O)/C(=C\c3cc(C)n(-c4ccc(Br)cc4)c3C)C(C(=O)OC)=C2C)cc1. The average molecular weight is 535 g/mol. The summed E-state index contributed by atoms with van der Waals surface area (Å²) < 4.78 is 13.7. The van der Waals surface area contributed by atoms with Crippen molar-refractivity contribution in [2.45, 2.75) is 27.7 Å². The molecule has 0 saturated carbocycles. The van der Waals surface area contributed by atoms with Gasteiger partial charge in [0.15, 0.2) is 0 Å². The van der Waals surface area contributed by atoms with E-state index in [2.05, 4.69) is 20.5 Å². The molecule has 1 aromatic heterocycles. The molecule has 7 heteroatoms. The molecule has 180 valence electrons. The Morgan fingerprint density at radius 3 is 2.23 bits per heavy atom. The number of carbonyl (C=O) groups excluding carboxylic acids is 2. The molecule has 0 aliphatic carbocycles. The van der Waals surface area contributed by atoms with Gasteiger partial charge in [0.25, 0.3) is 5.91 Å². The molecular weight excluding hydrogens is 508 g/mol. The molecule has 0 saturated heterocycles. The van der Waals surface area contributed by atoms with Crippen molar-refractivity contribution in [1.29, 1.82) is 0 Å². The number of ether oxygens (including phenoxy) is 2. The Balaban J connectivity index is 1.79. The topological polar surface area (TPSA) is 60.8 Å². The summed E-state index contributed by atoms with van der Waals surface area (Å²) in [4.78, 5) is 27.9. The zero-order valence-corrected chi connectivity index (χ0v) is 22.0. The van der Waals surface area contributed by atoms with Gasteiger partial charge in [-0.2, -0.15) is 0 Å². The van der Waals surface area contributed by atoms with E-state index in [1.807, 2.05) is 75.4 Å².